The van der Waals surface area contributed by atoms with Crippen LogP contribution in [0.5, 0.6) is 0 Å². The van der Waals surface area contributed by atoms with E-state index in [0.29, 0.717) is 0 Å². The maximum atomic E-state index is 6.01. The summed E-state index contributed by atoms with van der Waals surface area (Å²) in [7, 11) is 0. The lowest BCUT2D eigenvalue weighted by Gasteiger charge is -2.09. The van der Waals surface area contributed by atoms with Crippen LogP contribution in [0.25, 0.3) is 16.7 Å². The zero-order valence-corrected chi connectivity index (χ0v) is 11.3. The van der Waals surface area contributed by atoms with Crippen molar-refractivity contribution in [1.29, 1.82) is 0 Å². The summed E-state index contributed by atoms with van der Waals surface area (Å²) in [6.45, 7) is 2.13. The maximum absolute atomic E-state index is 6.01. The van der Waals surface area contributed by atoms with E-state index in [4.69, 9.17) is 11.6 Å². The molecule has 0 aliphatic heterocycles. The van der Waals surface area contributed by atoms with Crippen LogP contribution in [-0.2, 0) is 6.42 Å². The maximum Gasteiger partial charge on any atom is 0.224 e. The average molecular weight is 273 g/mol. The van der Waals surface area contributed by atoms with Crippen LogP contribution in [0.2, 0.25) is 5.28 Å². The van der Waals surface area contributed by atoms with E-state index in [2.05, 4.69) is 21.9 Å². The van der Waals surface area contributed by atoms with Crippen LogP contribution >= 0.6 is 11.6 Å². The van der Waals surface area contributed by atoms with Crippen molar-refractivity contribution in [3.05, 3.63) is 47.8 Å². The van der Waals surface area contributed by atoms with E-state index in [-0.39, 0.29) is 5.28 Å². The molecule has 0 aliphatic rings. The van der Waals surface area contributed by atoms with Gasteiger partial charge in [0.1, 0.15) is 5.82 Å². The van der Waals surface area contributed by atoms with Gasteiger partial charge in [0.15, 0.2) is 5.82 Å². The predicted molar refractivity (Wildman–Crippen MR) is 75.7 cm³/mol. The summed E-state index contributed by atoms with van der Waals surface area (Å²) in [5.74, 6) is 1.78. The van der Waals surface area contributed by atoms with Crippen LogP contribution in [0.1, 0.15) is 19.2 Å². The molecule has 0 aliphatic carbocycles. The van der Waals surface area contributed by atoms with Gasteiger partial charge in [-0.15, -0.1) is 0 Å². The van der Waals surface area contributed by atoms with E-state index in [1.165, 1.54) is 0 Å². The lowest BCUT2D eigenvalue weighted by Crippen LogP contribution is -2.04. The highest BCUT2D eigenvalue weighted by molar-refractivity contribution is 6.28. The summed E-state index contributed by atoms with van der Waals surface area (Å²) in [5, 5.41) is 1.23. The molecule has 96 valence electrons. The number of para-hydroxylation sites is 1. The Morgan fingerprint density at radius 3 is 2.89 bits per heavy atom. The first-order valence-corrected chi connectivity index (χ1v) is 6.62. The summed E-state index contributed by atoms with van der Waals surface area (Å²) in [4.78, 5) is 13.0. The predicted octanol–water partition coefficient (Wildman–Crippen LogP) is 3.42. The molecule has 3 aromatic rings. The minimum absolute atomic E-state index is 0.254. The molecule has 2 aromatic heterocycles. The summed E-state index contributed by atoms with van der Waals surface area (Å²) < 4.78 is 1.99. The smallest absolute Gasteiger partial charge is 0.224 e. The Balaban J connectivity index is 2.26. The van der Waals surface area contributed by atoms with E-state index in [1.54, 1.807) is 6.20 Å². The Morgan fingerprint density at radius 2 is 2.05 bits per heavy atom. The highest BCUT2D eigenvalue weighted by atomic mass is 35.5. The number of aryl methyl sites for hydroxylation is 1. The standard InChI is InChI=1S/C14H13ClN4/c1-2-5-12-16-8-9-19(12)13-10-6-3-4-7-11(10)17-14(15)18-13/h3-4,6-9H,2,5H2,1H3. The fraction of sp³-hybridized carbons (Fsp3) is 0.214. The number of imidazole rings is 1. The fourth-order valence-corrected chi connectivity index (χ4v) is 2.32. The molecule has 0 atom stereocenters. The molecule has 0 saturated heterocycles. The molecule has 0 N–H and O–H groups in total. The van der Waals surface area contributed by atoms with Gasteiger partial charge >= 0.3 is 0 Å². The molecule has 1 aromatic carbocycles. The number of hydrogen-bond acceptors (Lipinski definition) is 3. The second kappa shape index (κ2) is 4.97. The zero-order chi connectivity index (χ0) is 13.2. The van der Waals surface area contributed by atoms with Crippen LogP contribution < -0.4 is 0 Å². The Labute approximate surface area is 116 Å². The minimum Gasteiger partial charge on any atom is -0.287 e. The first-order chi connectivity index (χ1) is 9.29. The van der Waals surface area contributed by atoms with Crippen LogP contribution in [0, 0.1) is 0 Å². The molecular weight excluding hydrogens is 260 g/mol. The van der Waals surface area contributed by atoms with Gasteiger partial charge in [0.25, 0.3) is 0 Å². The SMILES string of the molecule is CCCc1nccn1-c1nc(Cl)nc2ccccc12. The zero-order valence-electron chi connectivity index (χ0n) is 10.5. The number of halogens is 1. The number of aromatic nitrogens is 4. The quantitative estimate of drug-likeness (QED) is 0.686. The van der Waals surface area contributed by atoms with E-state index in [1.807, 2.05) is 35.0 Å². The summed E-state index contributed by atoms with van der Waals surface area (Å²) >= 11 is 6.01. The molecule has 5 heteroatoms. The highest BCUT2D eigenvalue weighted by Crippen LogP contribution is 2.22. The van der Waals surface area contributed by atoms with Gasteiger partial charge in [0.2, 0.25) is 5.28 Å². The third-order valence-corrected chi connectivity index (χ3v) is 3.14. The Bertz CT molecular complexity index is 720. The Hall–Kier alpha value is -1.94. The molecule has 3 rings (SSSR count). The number of fused-ring (bicyclic) bond motifs is 1. The van der Waals surface area contributed by atoms with Crippen molar-refractivity contribution < 1.29 is 0 Å². The van der Waals surface area contributed by atoms with Crippen LogP contribution in [-0.4, -0.2) is 19.5 Å². The first kappa shape index (κ1) is 12.1. The van der Waals surface area contributed by atoms with Gasteiger partial charge in [0, 0.05) is 24.2 Å². The molecule has 0 saturated carbocycles. The van der Waals surface area contributed by atoms with Gasteiger partial charge in [-0.2, -0.15) is 4.98 Å². The van der Waals surface area contributed by atoms with Gasteiger partial charge in [-0.05, 0) is 30.2 Å². The van der Waals surface area contributed by atoms with Crippen molar-refractivity contribution in [2.45, 2.75) is 19.8 Å². The molecule has 0 spiro atoms. The molecule has 0 amide bonds. The van der Waals surface area contributed by atoms with Crippen molar-refractivity contribution in [3.8, 4) is 5.82 Å². The summed E-state index contributed by atoms with van der Waals surface area (Å²) in [6, 6.07) is 7.84. The number of benzene rings is 1. The number of hydrogen-bond donors (Lipinski definition) is 0. The molecule has 2 heterocycles. The van der Waals surface area contributed by atoms with Crippen molar-refractivity contribution in [3.63, 3.8) is 0 Å². The first-order valence-electron chi connectivity index (χ1n) is 6.24. The monoisotopic (exact) mass is 272 g/mol. The lowest BCUT2D eigenvalue weighted by atomic mass is 10.2. The molecule has 19 heavy (non-hydrogen) atoms. The van der Waals surface area contributed by atoms with Crippen LogP contribution in [0.15, 0.2) is 36.7 Å². The van der Waals surface area contributed by atoms with Gasteiger partial charge in [-0.3, -0.25) is 4.57 Å². The van der Waals surface area contributed by atoms with Gasteiger partial charge < -0.3 is 0 Å². The highest BCUT2D eigenvalue weighted by Gasteiger charge is 2.11. The number of rotatable bonds is 3. The van der Waals surface area contributed by atoms with Gasteiger partial charge in [-0.25, -0.2) is 9.97 Å². The Kier molecular flexibility index (Phi) is 3.17. The van der Waals surface area contributed by atoms with E-state index >= 15 is 0 Å². The van der Waals surface area contributed by atoms with Gasteiger partial charge in [0.05, 0.1) is 5.52 Å². The molecule has 0 unspecified atom stereocenters. The van der Waals surface area contributed by atoms with Crippen molar-refractivity contribution in [2.75, 3.05) is 0 Å². The second-order valence-corrected chi connectivity index (χ2v) is 4.63. The topological polar surface area (TPSA) is 43.6 Å². The van der Waals surface area contributed by atoms with Crippen LogP contribution in [0.4, 0.5) is 0 Å². The lowest BCUT2D eigenvalue weighted by molar-refractivity contribution is 0.800. The molecule has 0 bridgehead atoms. The summed E-state index contributed by atoms with van der Waals surface area (Å²) in [6.07, 6.45) is 5.64. The van der Waals surface area contributed by atoms with Crippen molar-refractivity contribution >= 4 is 22.5 Å². The molecule has 4 nitrogen and oxygen atoms in total. The largest absolute Gasteiger partial charge is 0.287 e. The second-order valence-electron chi connectivity index (χ2n) is 4.30. The third-order valence-electron chi connectivity index (χ3n) is 2.97. The third kappa shape index (κ3) is 2.19. The molecular formula is C14H13ClN4. The minimum atomic E-state index is 0.254. The van der Waals surface area contributed by atoms with E-state index in [0.717, 1.165) is 35.4 Å². The fourth-order valence-electron chi connectivity index (χ4n) is 2.15. The summed E-state index contributed by atoms with van der Waals surface area (Å²) in [5.41, 5.74) is 0.841. The molecule has 0 radical (unpaired) electrons. The van der Waals surface area contributed by atoms with E-state index < -0.39 is 0 Å². The van der Waals surface area contributed by atoms with Gasteiger partial charge in [-0.1, -0.05) is 19.1 Å². The van der Waals surface area contributed by atoms with Crippen LogP contribution in [0.3, 0.4) is 0 Å². The Morgan fingerprint density at radius 1 is 1.21 bits per heavy atom. The molecule has 0 fully saturated rings. The van der Waals surface area contributed by atoms with Crippen molar-refractivity contribution in [2.24, 2.45) is 0 Å². The average Bonchev–Trinajstić information content (AvgIpc) is 2.86. The van der Waals surface area contributed by atoms with Crippen molar-refractivity contribution in [1.82, 2.24) is 19.5 Å². The normalized spacial score (nSPS) is 11.1. The van der Waals surface area contributed by atoms with E-state index in [9.17, 15) is 0 Å². The number of nitrogens with zero attached hydrogens (tertiary/aromatic N) is 4.